The predicted molar refractivity (Wildman–Crippen MR) is 108 cm³/mol. The number of H-pyrrole nitrogens is 2. The topological polar surface area (TPSA) is 138 Å². The summed E-state index contributed by atoms with van der Waals surface area (Å²) in [5.41, 5.74) is 11.2. The van der Waals surface area contributed by atoms with Gasteiger partial charge in [0.05, 0.1) is 35.3 Å². The van der Waals surface area contributed by atoms with Gasteiger partial charge in [0.25, 0.3) is 0 Å². The normalized spacial score (nSPS) is 14.6. The highest BCUT2D eigenvalue weighted by Crippen LogP contribution is 2.27. The van der Waals surface area contributed by atoms with Crippen molar-refractivity contribution in [3.8, 4) is 22.9 Å². The third-order valence-electron chi connectivity index (χ3n) is 5.04. The zero-order valence-electron chi connectivity index (χ0n) is 15.2. The van der Waals surface area contributed by atoms with Crippen LogP contribution in [0.15, 0.2) is 43.0 Å². The van der Waals surface area contributed by atoms with Gasteiger partial charge in [0.2, 0.25) is 0 Å². The second kappa shape index (κ2) is 6.04. The van der Waals surface area contributed by atoms with E-state index in [0.717, 1.165) is 41.2 Å². The maximum atomic E-state index is 5.88. The lowest BCUT2D eigenvalue weighted by molar-refractivity contribution is 0.514. The molecule has 10 nitrogen and oxygen atoms in total. The Kier molecular flexibility index (Phi) is 3.35. The minimum Gasteiger partial charge on any atom is -0.352 e. The van der Waals surface area contributed by atoms with E-state index < -0.39 is 0 Å². The first-order valence-corrected chi connectivity index (χ1v) is 9.23. The van der Waals surface area contributed by atoms with E-state index in [1.165, 1.54) is 0 Å². The maximum Gasteiger partial charge on any atom is 0.161 e. The molecule has 0 unspecified atom stereocenters. The fraction of sp³-hybridized carbons (Fsp3) is 0.158. The van der Waals surface area contributed by atoms with Gasteiger partial charge in [-0.1, -0.05) is 0 Å². The molecule has 10 heteroatoms. The highest BCUT2D eigenvalue weighted by Gasteiger charge is 2.25. The van der Waals surface area contributed by atoms with Crippen LogP contribution in [0.5, 0.6) is 0 Å². The number of nitrogens with one attached hydrogen (secondary N) is 2. The predicted octanol–water partition coefficient (Wildman–Crippen LogP) is 1.50. The van der Waals surface area contributed by atoms with Crippen molar-refractivity contribution in [3.05, 3.63) is 43.0 Å². The fourth-order valence-corrected chi connectivity index (χ4v) is 3.51. The van der Waals surface area contributed by atoms with Crippen LogP contribution in [0.25, 0.3) is 45.0 Å². The molecule has 0 atom stereocenters. The minimum atomic E-state index is 0.197. The minimum absolute atomic E-state index is 0.197. The van der Waals surface area contributed by atoms with Crippen LogP contribution in [0.2, 0.25) is 0 Å². The molecule has 29 heavy (non-hydrogen) atoms. The quantitative estimate of drug-likeness (QED) is 0.425. The van der Waals surface area contributed by atoms with Gasteiger partial charge in [0.1, 0.15) is 22.5 Å². The molecule has 6 heterocycles. The Morgan fingerprint density at radius 1 is 0.931 bits per heavy atom. The lowest BCUT2D eigenvalue weighted by Gasteiger charge is -2.37. The lowest BCUT2D eigenvalue weighted by atomic mass is 10.1. The first-order chi connectivity index (χ1) is 14.2. The molecule has 142 valence electrons. The zero-order chi connectivity index (χ0) is 19.4. The summed E-state index contributed by atoms with van der Waals surface area (Å²) >= 11 is 0. The number of aromatic amines is 2. The van der Waals surface area contributed by atoms with Gasteiger partial charge >= 0.3 is 0 Å². The standard InChI is InChI=1S/C19H16N10/c20-10-8-29(9-10)16-7-22-6-14(23-16)11-1-2-13-17(24-11)18(28-27-13)19-25-12-3-4-21-5-15(12)26-19/h1-7,10H,8-9,20H2,(H,25,26)(H,27,28). The Labute approximate surface area is 164 Å². The van der Waals surface area contributed by atoms with Gasteiger partial charge in [-0.3, -0.25) is 15.1 Å². The lowest BCUT2D eigenvalue weighted by Crippen LogP contribution is -2.56. The summed E-state index contributed by atoms with van der Waals surface area (Å²) in [6.45, 7) is 1.58. The number of hydrogen-bond acceptors (Lipinski definition) is 8. The number of aromatic nitrogens is 8. The van der Waals surface area contributed by atoms with Crippen molar-refractivity contribution in [2.75, 3.05) is 18.0 Å². The number of imidazole rings is 1. The molecule has 0 saturated carbocycles. The van der Waals surface area contributed by atoms with Gasteiger partial charge < -0.3 is 15.6 Å². The molecular weight excluding hydrogens is 368 g/mol. The molecule has 6 rings (SSSR count). The zero-order valence-corrected chi connectivity index (χ0v) is 15.2. The molecule has 0 bridgehead atoms. The van der Waals surface area contributed by atoms with Crippen LogP contribution in [0.1, 0.15) is 0 Å². The fourth-order valence-electron chi connectivity index (χ4n) is 3.51. The Bertz CT molecular complexity index is 1310. The molecule has 0 aliphatic carbocycles. The molecule has 0 amide bonds. The molecule has 1 aliphatic heterocycles. The van der Waals surface area contributed by atoms with E-state index in [1.54, 1.807) is 24.8 Å². The summed E-state index contributed by atoms with van der Waals surface area (Å²) in [6.07, 6.45) is 6.90. The van der Waals surface area contributed by atoms with Crippen LogP contribution in [-0.2, 0) is 0 Å². The van der Waals surface area contributed by atoms with E-state index in [2.05, 4.69) is 35.0 Å². The van der Waals surface area contributed by atoms with Gasteiger partial charge in [-0.2, -0.15) is 5.10 Å². The Hall–Kier alpha value is -3.92. The van der Waals surface area contributed by atoms with E-state index in [1.807, 2.05) is 18.2 Å². The highest BCUT2D eigenvalue weighted by molar-refractivity contribution is 5.91. The Morgan fingerprint density at radius 3 is 2.72 bits per heavy atom. The first kappa shape index (κ1) is 16.1. The molecule has 5 aromatic heterocycles. The van der Waals surface area contributed by atoms with Crippen LogP contribution < -0.4 is 10.6 Å². The van der Waals surface area contributed by atoms with Gasteiger partial charge in [-0.25, -0.2) is 15.0 Å². The van der Waals surface area contributed by atoms with Crippen molar-refractivity contribution in [1.29, 1.82) is 0 Å². The number of anilines is 1. The van der Waals surface area contributed by atoms with E-state index >= 15 is 0 Å². The SMILES string of the molecule is NC1CN(c2cncc(-c3ccc4[nH]nc(-c5nc6cnccc6[nH]5)c4n3)n2)C1. The number of nitrogens with two attached hydrogens (primary N) is 1. The summed E-state index contributed by atoms with van der Waals surface area (Å²) in [7, 11) is 0. The second-order valence-corrected chi connectivity index (χ2v) is 7.07. The van der Waals surface area contributed by atoms with E-state index in [0.29, 0.717) is 22.7 Å². The summed E-state index contributed by atoms with van der Waals surface area (Å²) in [5, 5.41) is 7.43. The van der Waals surface area contributed by atoms with Gasteiger partial charge in [-0.05, 0) is 18.2 Å². The number of pyridine rings is 2. The van der Waals surface area contributed by atoms with Crippen LogP contribution in [0.4, 0.5) is 5.82 Å². The third-order valence-corrected chi connectivity index (χ3v) is 5.04. The second-order valence-electron chi connectivity index (χ2n) is 7.07. The van der Waals surface area contributed by atoms with Crippen molar-refractivity contribution in [2.45, 2.75) is 6.04 Å². The average molecular weight is 384 g/mol. The molecule has 5 aromatic rings. The van der Waals surface area contributed by atoms with Crippen LogP contribution >= 0.6 is 0 Å². The number of rotatable bonds is 3. The summed E-state index contributed by atoms with van der Waals surface area (Å²) in [4.78, 5) is 27.9. The van der Waals surface area contributed by atoms with Crippen molar-refractivity contribution in [1.82, 2.24) is 40.1 Å². The largest absolute Gasteiger partial charge is 0.352 e. The highest BCUT2D eigenvalue weighted by atomic mass is 15.3. The summed E-state index contributed by atoms with van der Waals surface area (Å²) < 4.78 is 0. The molecule has 0 spiro atoms. The maximum absolute atomic E-state index is 5.88. The van der Waals surface area contributed by atoms with Crippen LogP contribution in [0, 0.1) is 0 Å². The van der Waals surface area contributed by atoms with Gasteiger partial charge in [0, 0.05) is 25.3 Å². The molecule has 4 N–H and O–H groups in total. The van der Waals surface area contributed by atoms with Gasteiger partial charge in [0.15, 0.2) is 11.5 Å². The first-order valence-electron chi connectivity index (χ1n) is 9.23. The van der Waals surface area contributed by atoms with E-state index in [-0.39, 0.29) is 6.04 Å². The van der Waals surface area contributed by atoms with Crippen molar-refractivity contribution in [2.24, 2.45) is 5.73 Å². The van der Waals surface area contributed by atoms with Crippen molar-refractivity contribution < 1.29 is 0 Å². The Morgan fingerprint density at radius 2 is 1.86 bits per heavy atom. The summed E-state index contributed by atoms with van der Waals surface area (Å²) in [6, 6.07) is 5.92. The molecule has 1 aliphatic rings. The molecule has 0 aromatic carbocycles. The third kappa shape index (κ3) is 2.61. The van der Waals surface area contributed by atoms with E-state index in [9.17, 15) is 0 Å². The van der Waals surface area contributed by atoms with E-state index in [4.69, 9.17) is 15.7 Å². The number of fused-ring (bicyclic) bond motifs is 2. The smallest absolute Gasteiger partial charge is 0.161 e. The average Bonchev–Trinajstić information content (AvgIpc) is 3.34. The molecule has 1 fully saturated rings. The van der Waals surface area contributed by atoms with Gasteiger partial charge in [-0.15, -0.1) is 0 Å². The van der Waals surface area contributed by atoms with Crippen LogP contribution in [-0.4, -0.2) is 59.2 Å². The summed E-state index contributed by atoms with van der Waals surface area (Å²) in [5.74, 6) is 1.45. The number of hydrogen-bond donors (Lipinski definition) is 3. The monoisotopic (exact) mass is 384 g/mol. The molecule has 1 saturated heterocycles. The number of nitrogens with zero attached hydrogens (tertiary/aromatic N) is 7. The Balaban J connectivity index is 1.43. The molecule has 0 radical (unpaired) electrons. The van der Waals surface area contributed by atoms with Crippen LogP contribution in [0.3, 0.4) is 0 Å². The van der Waals surface area contributed by atoms with Crippen molar-refractivity contribution >= 4 is 27.9 Å². The molecular formula is C19H16N10. The van der Waals surface area contributed by atoms with Crippen molar-refractivity contribution in [3.63, 3.8) is 0 Å².